The standard InChI is InChI=1S/C8H13NO/c10-7-6-8(3-4-8)2-1-5-9-7/h1-6H2,(H,9,10). The minimum Gasteiger partial charge on any atom is -0.356 e. The van der Waals surface area contributed by atoms with Gasteiger partial charge in [0.2, 0.25) is 5.91 Å². The molecule has 1 saturated carbocycles. The van der Waals surface area contributed by atoms with E-state index in [9.17, 15) is 4.79 Å². The summed E-state index contributed by atoms with van der Waals surface area (Å²) in [6, 6.07) is 0. The van der Waals surface area contributed by atoms with Crippen molar-refractivity contribution in [1.29, 1.82) is 0 Å². The molecule has 2 rings (SSSR count). The van der Waals surface area contributed by atoms with Crippen LogP contribution in [0.15, 0.2) is 0 Å². The van der Waals surface area contributed by atoms with Crippen LogP contribution in [-0.2, 0) is 4.79 Å². The molecule has 2 aliphatic rings. The molecule has 2 fully saturated rings. The van der Waals surface area contributed by atoms with Crippen LogP contribution < -0.4 is 5.32 Å². The van der Waals surface area contributed by atoms with E-state index in [-0.39, 0.29) is 5.91 Å². The van der Waals surface area contributed by atoms with Gasteiger partial charge in [-0.15, -0.1) is 0 Å². The lowest BCUT2D eigenvalue weighted by molar-refractivity contribution is -0.121. The third-order valence-electron chi connectivity index (χ3n) is 2.70. The Labute approximate surface area is 61.0 Å². The molecule has 10 heavy (non-hydrogen) atoms. The molecule has 0 bridgehead atoms. The molecule has 56 valence electrons. The zero-order valence-electron chi connectivity index (χ0n) is 6.15. The third-order valence-corrected chi connectivity index (χ3v) is 2.70. The summed E-state index contributed by atoms with van der Waals surface area (Å²) >= 11 is 0. The maximum Gasteiger partial charge on any atom is 0.220 e. The highest BCUT2D eigenvalue weighted by Crippen LogP contribution is 2.52. The average Bonchev–Trinajstić information content (AvgIpc) is 2.64. The maximum atomic E-state index is 11.0. The Hall–Kier alpha value is -0.530. The van der Waals surface area contributed by atoms with Gasteiger partial charge in [-0.3, -0.25) is 4.79 Å². The Morgan fingerprint density at radius 2 is 2.10 bits per heavy atom. The summed E-state index contributed by atoms with van der Waals surface area (Å²) in [7, 11) is 0. The van der Waals surface area contributed by atoms with E-state index in [1.54, 1.807) is 0 Å². The summed E-state index contributed by atoms with van der Waals surface area (Å²) in [5, 5.41) is 2.90. The van der Waals surface area contributed by atoms with Gasteiger partial charge in [0, 0.05) is 13.0 Å². The first-order valence-corrected chi connectivity index (χ1v) is 4.08. The summed E-state index contributed by atoms with van der Waals surface area (Å²) in [4.78, 5) is 11.0. The van der Waals surface area contributed by atoms with Crippen LogP contribution in [0.5, 0.6) is 0 Å². The van der Waals surface area contributed by atoms with E-state index in [1.807, 2.05) is 0 Å². The first kappa shape index (κ1) is 6.20. The molecular formula is C8H13NO. The zero-order valence-corrected chi connectivity index (χ0v) is 6.15. The smallest absolute Gasteiger partial charge is 0.220 e. The maximum absolute atomic E-state index is 11.0. The number of nitrogens with one attached hydrogen (secondary N) is 1. The van der Waals surface area contributed by atoms with E-state index >= 15 is 0 Å². The van der Waals surface area contributed by atoms with Crippen molar-refractivity contribution in [3.8, 4) is 0 Å². The first-order chi connectivity index (χ1) is 4.81. The number of rotatable bonds is 0. The molecule has 0 aromatic rings. The molecule has 1 aliphatic carbocycles. The molecule has 0 atom stereocenters. The second kappa shape index (κ2) is 1.97. The SMILES string of the molecule is O=C1CC2(CCCN1)CC2. The largest absolute Gasteiger partial charge is 0.356 e. The van der Waals surface area contributed by atoms with Crippen LogP contribution >= 0.6 is 0 Å². The van der Waals surface area contributed by atoms with Gasteiger partial charge < -0.3 is 5.32 Å². The summed E-state index contributed by atoms with van der Waals surface area (Å²) in [5.74, 6) is 0.273. The quantitative estimate of drug-likeness (QED) is 0.534. The molecule has 1 heterocycles. The summed E-state index contributed by atoms with van der Waals surface area (Å²) < 4.78 is 0. The average molecular weight is 139 g/mol. The Bertz CT molecular complexity index is 161. The van der Waals surface area contributed by atoms with E-state index in [0.717, 1.165) is 13.0 Å². The van der Waals surface area contributed by atoms with Gasteiger partial charge >= 0.3 is 0 Å². The van der Waals surface area contributed by atoms with Gasteiger partial charge in [-0.1, -0.05) is 0 Å². The lowest BCUT2D eigenvalue weighted by atomic mass is 9.97. The highest BCUT2D eigenvalue weighted by Gasteiger charge is 2.44. The molecule has 0 aromatic heterocycles. The van der Waals surface area contributed by atoms with Crippen molar-refractivity contribution in [1.82, 2.24) is 5.32 Å². The zero-order chi connectivity index (χ0) is 7.03. The van der Waals surface area contributed by atoms with Gasteiger partial charge in [-0.05, 0) is 31.1 Å². The first-order valence-electron chi connectivity index (χ1n) is 4.08. The predicted molar refractivity (Wildman–Crippen MR) is 38.5 cm³/mol. The predicted octanol–water partition coefficient (Wildman–Crippen LogP) is 1.07. The molecular weight excluding hydrogens is 126 g/mol. The van der Waals surface area contributed by atoms with Crippen LogP contribution in [0.3, 0.4) is 0 Å². The molecule has 1 saturated heterocycles. The molecule has 1 amide bonds. The van der Waals surface area contributed by atoms with Crippen LogP contribution in [0.25, 0.3) is 0 Å². The minimum absolute atomic E-state index is 0.273. The molecule has 2 heteroatoms. The monoisotopic (exact) mass is 139 g/mol. The number of carbonyl (C=O) groups excluding carboxylic acids is 1. The summed E-state index contributed by atoms with van der Waals surface area (Å²) in [6.45, 7) is 0.903. The van der Waals surface area contributed by atoms with Gasteiger partial charge in [0.05, 0.1) is 0 Å². The second-order valence-electron chi connectivity index (χ2n) is 3.63. The number of amides is 1. The highest BCUT2D eigenvalue weighted by molar-refractivity contribution is 5.77. The Kier molecular flexibility index (Phi) is 1.22. The van der Waals surface area contributed by atoms with Gasteiger partial charge in [-0.25, -0.2) is 0 Å². The number of carbonyl (C=O) groups is 1. The van der Waals surface area contributed by atoms with E-state index in [0.29, 0.717) is 5.41 Å². The van der Waals surface area contributed by atoms with Crippen LogP contribution in [-0.4, -0.2) is 12.5 Å². The Balaban J connectivity index is 2.03. The lowest BCUT2D eigenvalue weighted by Crippen LogP contribution is -2.22. The fraction of sp³-hybridized carbons (Fsp3) is 0.875. The third kappa shape index (κ3) is 1.02. The van der Waals surface area contributed by atoms with Crippen molar-refractivity contribution in [2.75, 3.05) is 6.54 Å². The Morgan fingerprint density at radius 1 is 1.30 bits per heavy atom. The van der Waals surface area contributed by atoms with Gasteiger partial charge in [0.15, 0.2) is 0 Å². The second-order valence-corrected chi connectivity index (χ2v) is 3.63. The van der Waals surface area contributed by atoms with Crippen molar-refractivity contribution >= 4 is 5.91 Å². The molecule has 2 nitrogen and oxygen atoms in total. The topological polar surface area (TPSA) is 29.1 Å². The molecule has 0 unspecified atom stereocenters. The molecule has 0 aromatic carbocycles. The fourth-order valence-corrected chi connectivity index (χ4v) is 1.79. The van der Waals surface area contributed by atoms with Crippen molar-refractivity contribution in [2.24, 2.45) is 5.41 Å². The van der Waals surface area contributed by atoms with E-state index in [2.05, 4.69) is 5.32 Å². The van der Waals surface area contributed by atoms with Crippen LogP contribution in [0, 0.1) is 5.41 Å². The van der Waals surface area contributed by atoms with E-state index in [1.165, 1.54) is 25.7 Å². The summed E-state index contributed by atoms with van der Waals surface area (Å²) in [5.41, 5.74) is 0.473. The van der Waals surface area contributed by atoms with Crippen LogP contribution in [0.2, 0.25) is 0 Å². The lowest BCUT2D eigenvalue weighted by Gasteiger charge is -2.06. The van der Waals surface area contributed by atoms with Crippen LogP contribution in [0.4, 0.5) is 0 Å². The van der Waals surface area contributed by atoms with Crippen molar-refractivity contribution < 1.29 is 4.79 Å². The van der Waals surface area contributed by atoms with Crippen molar-refractivity contribution in [3.05, 3.63) is 0 Å². The molecule has 1 aliphatic heterocycles. The summed E-state index contributed by atoms with van der Waals surface area (Å²) in [6.07, 6.45) is 5.84. The number of hydrogen-bond donors (Lipinski definition) is 1. The van der Waals surface area contributed by atoms with Gasteiger partial charge in [-0.2, -0.15) is 0 Å². The van der Waals surface area contributed by atoms with E-state index < -0.39 is 0 Å². The molecule has 1 N–H and O–H groups in total. The molecule has 0 radical (unpaired) electrons. The van der Waals surface area contributed by atoms with E-state index in [4.69, 9.17) is 0 Å². The minimum atomic E-state index is 0.273. The Morgan fingerprint density at radius 3 is 2.80 bits per heavy atom. The van der Waals surface area contributed by atoms with Crippen molar-refractivity contribution in [3.63, 3.8) is 0 Å². The number of hydrogen-bond acceptors (Lipinski definition) is 1. The highest BCUT2D eigenvalue weighted by atomic mass is 16.1. The van der Waals surface area contributed by atoms with Gasteiger partial charge in [0.25, 0.3) is 0 Å². The normalized spacial score (nSPS) is 29.4. The van der Waals surface area contributed by atoms with Crippen LogP contribution in [0.1, 0.15) is 32.1 Å². The van der Waals surface area contributed by atoms with Gasteiger partial charge in [0.1, 0.15) is 0 Å². The fourth-order valence-electron chi connectivity index (χ4n) is 1.79. The van der Waals surface area contributed by atoms with Crippen molar-refractivity contribution in [2.45, 2.75) is 32.1 Å². The molecule has 1 spiro atoms.